The lowest BCUT2D eigenvalue weighted by Gasteiger charge is -2.41. The van der Waals surface area contributed by atoms with E-state index in [1.165, 1.54) is 57.2 Å². The molecule has 0 aromatic carbocycles. The minimum Gasteiger partial charge on any atom is -0.329 e. The Morgan fingerprint density at radius 1 is 1.26 bits per heavy atom. The molecule has 4 nitrogen and oxygen atoms in total. The van der Waals surface area contributed by atoms with E-state index < -0.39 is 0 Å². The Morgan fingerprint density at radius 3 is 2.53 bits per heavy atom. The van der Waals surface area contributed by atoms with E-state index in [1.54, 1.807) is 0 Å². The number of thioether (sulfide) groups is 1. The fourth-order valence-electron chi connectivity index (χ4n) is 3.16. The Bertz CT molecular complexity index is 248. The highest BCUT2D eigenvalue weighted by atomic mass is 32.2. The first kappa shape index (κ1) is 15.6. The van der Waals surface area contributed by atoms with E-state index in [0.29, 0.717) is 6.04 Å². The van der Waals surface area contributed by atoms with Gasteiger partial charge in [0, 0.05) is 51.9 Å². The van der Waals surface area contributed by atoms with E-state index in [1.807, 2.05) is 0 Å². The summed E-state index contributed by atoms with van der Waals surface area (Å²) in [5, 5.41) is 0. The standard InChI is InChI=1S/C14H30N4S/c1-16(2)4-5-17-6-8-18(9-7-17)14(11-15)13-3-10-19-12-13/h13-14H,3-12,15H2,1-2H3. The maximum atomic E-state index is 6.05. The molecule has 2 saturated heterocycles. The number of likely N-dealkylation sites (N-methyl/N-ethyl adjacent to an activating group) is 1. The van der Waals surface area contributed by atoms with Crippen LogP contribution in [0.5, 0.6) is 0 Å². The van der Waals surface area contributed by atoms with E-state index in [-0.39, 0.29) is 0 Å². The van der Waals surface area contributed by atoms with Crippen molar-refractivity contribution >= 4 is 11.8 Å². The van der Waals surface area contributed by atoms with Gasteiger partial charge in [-0.1, -0.05) is 0 Å². The summed E-state index contributed by atoms with van der Waals surface area (Å²) in [5.41, 5.74) is 6.05. The van der Waals surface area contributed by atoms with Crippen molar-refractivity contribution in [3.05, 3.63) is 0 Å². The molecule has 2 fully saturated rings. The van der Waals surface area contributed by atoms with Crippen LogP contribution in [0.4, 0.5) is 0 Å². The maximum absolute atomic E-state index is 6.05. The quantitative estimate of drug-likeness (QED) is 0.757. The zero-order valence-corrected chi connectivity index (χ0v) is 13.4. The number of hydrogen-bond donors (Lipinski definition) is 1. The van der Waals surface area contributed by atoms with Gasteiger partial charge in [0.2, 0.25) is 0 Å². The molecule has 0 radical (unpaired) electrons. The van der Waals surface area contributed by atoms with E-state index in [4.69, 9.17) is 5.73 Å². The molecule has 0 aromatic rings. The summed E-state index contributed by atoms with van der Waals surface area (Å²) in [6, 6.07) is 0.631. The molecule has 0 amide bonds. The number of nitrogens with zero attached hydrogens (tertiary/aromatic N) is 3. The Labute approximate surface area is 122 Å². The smallest absolute Gasteiger partial charge is 0.0255 e. The highest BCUT2D eigenvalue weighted by Crippen LogP contribution is 2.28. The first-order valence-electron chi connectivity index (χ1n) is 7.59. The summed E-state index contributed by atoms with van der Waals surface area (Å²) < 4.78 is 0. The van der Waals surface area contributed by atoms with Crippen LogP contribution in [0, 0.1) is 5.92 Å². The van der Waals surface area contributed by atoms with Crippen molar-refractivity contribution in [2.24, 2.45) is 11.7 Å². The van der Waals surface area contributed by atoms with Crippen LogP contribution in [-0.4, -0.2) is 92.2 Å². The molecular formula is C14H30N4S. The summed E-state index contributed by atoms with van der Waals surface area (Å²) in [4.78, 5) is 7.51. The van der Waals surface area contributed by atoms with Gasteiger partial charge < -0.3 is 10.6 Å². The van der Waals surface area contributed by atoms with Crippen LogP contribution < -0.4 is 5.73 Å². The van der Waals surface area contributed by atoms with Gasteiger partial charge in [0.1, 0.15) is 0 Å². The van der Waals surface area contributed by atoms with Crippen LogP contribution in [0.15, 0.2) is 0 Å². The fraction of sp³-hybridized carbons (Fsp3) is 1.00. The second-order valence-corrected chi connectivity index (χ2v) is 7.26. The average molecular weight is 286 g/mol. The largest absolute Gasteiger partial charge is 0.329 e. The molecule has 19 heavy (non-hydrogen) atoms. The van der Waals surface area contributed by atoms with Gasteiger partial charge in [-0.05, 0) is 37.9 Å². The molecule has 2 N–H and O–H groups in total. The van der Waals surface area contributed by atoms with Gasteiger partial charge in [0.25, 0.3) is 0 Å². The Kier molecular flexibility index (Phi) is 6.42. The first-order valence-corrected chi connectivity index (χ1v) is 8.75. The number of hydrogen-bond acceptors (Lipinski definition) is 5. The van der Waals surface area contributed by atoms with Gasteiger partial charge in [-0.15, -0.1) is 0 Å². The van der Waals surface area contributed by atoms with Gasteiger partial charge >= 0.3 is 0 Å². The van der Waals surface area contributed by atoms with Gasteiger partial charge in [-0.3, -0.25) is 9.80 Å². The zero-order valence-electron chi connectivity index (χ0n) is 12.6. The zero-order chi connectivity index (χ0) is 13.7. The lowest BCUT2D eigenvalue weighted by atomic mass is 9.97. The van der Waals surface area contributed by atoms with Crippen LogP contribution in [0.25, 0.3) is 0 Å². The monoisotopic (exact) mass is 286 g/mol. The summed E-state index contributed by atoms with van der Waals surface area (Å²) in [6.07, 6.45) is 1.37. The second-order valence-electron chi connectivity index (χ2n) is 6.11. The predicted molar refractivity (Wildman–Crippen MR) is 84.8 cm³/mol. The van der Waals surface area contributed by atoms with E-state index in [0.717, 1.165) is 12.5 Å². The molecular weight excluding hydrogens is 256 g/mol. The minimum absolute atomic E-state index is 0.631. The van der Waals surface area contributed by atoms with Crippen molar-refractivity contribution in [2.75, 3.05) is 71.4 Å². The van der Waals surface area contributed by atoms with Crippen molar-refractivity contribution in [1.29, 1.82) is 0 Å². The predicted octanol–water partition coefficient (Wildman–Crippen LogP) is 0.246. The summed E-state index contributed by atoms with van der Waals surface area (Å²) in [5.74, 6) is 3.50. The molecule has 2 heterocycles. The summed E-state index contributed by atoms with van der Waals surface area (Å²) in [6.45, 7) is 8.04. The molecule has 0 bridgehead atoms. The highest BCUT2D eigenvalue weighted by molar-refractivity contribution is 7.99. The molecule has 2 rings (SSSR count). The number of piperazine rings is 1. The minimum atomic E-state index is 0.631. The third kappa shape index (κ3) is 4.60. The molecule has 0 aliphatic carbocycles. The van der Waals surface area contributed by atoms with E-state index >= 15 is 0 Å². The Hall–Kier alpha value is 0.190. The molecule has 0 aromatic heterocycles. The lowest BCUT2D eigenvalue weighted by Crippen LogP contribution is -2.55. The maximum Gasteiger partial charge on any atom is 0.0255 e. The van der Waals surface area contributed by atoms with Gasteiger partial charge in [-0.2, -0.15) is 11.8 Å². The van der Waals surface area contributed by atoms with Crippen molar-refractivity contribution in [1.82, 2.24) is 14.7 Å². The molecule has 2 atom stereocenters. The molecule has 0 saturated carbocycles. The van der Waals surface area contributed by atoms with Crippen LogP contribution in [-0.2, 0) is 0 Å². The summed E-state index contributed by atoms with van der Waals surface area (Å²) >= 11 is 2.10. The molecule has 0 spiro atoms. The van der Waals surface area contributed by atoms with Crippen LogP contribution in [0.1, 0.15) is 6.42 Å². The van der Waals surface area contributed by atoms with Gasteiger partial charge in [-0.25, -0.2) is 0 Å². The van der Waals surface area contributed by atoms with Crippen molar-refractivity contribution in [2.45, 2.75) is 12.5 Å². The van der Waals surface area contributed by atoms with Crippen LogP contribution >= 0.6 is 11.8 Å². The second kappa shape index (κ2) is 7.84. The summed E-state index contributed by atoms with van der Waals surface area (Å²) in [7, 11) is 4.30. The lowest BCUT2D eigenvalue weighted by molar-refractivity contribution is 0.0745. The van der Waals surface area contributed by atoms with E-state index in [2.05, 4.69) is 40.6 Å². The van der Waals surface area contributed by atoms with Gasteiger partial charge in [0.05, 0.1) is 0 Å². The highest BCUT2D eigenvalue weighted by Gasteiger charge is 2.31. The van der Waals surface area contributed by atoms with E-state index in [9.17, 15) is 0 Å². The average Bonchev–Trinajstić information content (AvgIpc) is 2.92. The Morgan fingerprint density at radius 2 is 2.00 bits per heavy atom. The van der Waals surface area contributed by atoms with Crippen molar-refractivity contribution in [3.8, 4) is 0 Å². The van der Waals surface area contributed by atoms with Gasteiger partial charge in [0.15, 0.2) is 0 Å². The SMILES string of the molecule is CN(C)CCN1CCN(C(CN)C2CCSC2)CC1. The normalized spacial score (nSPS) is 28.1. The molecule has 2 unspecified atom stereocenters. The van der Waals surface area contributed by atoms with Crippen molar-refractivity contribution < 1.29 is 0 Å². The molecule has 2 aliphatic heterocycles. The molecule has 5 heteroatoms. The number of rotatable bonds is 6. The van der Waals surface area contributed by atoms with Crippen LogP contribution in [0.3, 0.4) is 0 Å². The third-order valence-corrected chi connectivity index (χ3v) is 5.68. The third-order valence-electron chi connectivity index (χ3n) is 4.49. The first-order chi connectivity index (χ1) is 9.20. The van der Waals surface area contributed by atoms with Crippen LogP contribution in [0.2, 0.25) is 0 Å². The fourth-order valence-corrected chi connectivity index (χ4v) is 4.48. The number of nitrogens with two attached hydrogens (primary N) is 1. The van der Waals surface area contributed by atoms with Crippen molar-refractivity contribution in [3.63, 3.8) is 0 Å². The molecule has 2 aliphatic rings. The Balaban J connectivity index is 1.74. The topological polar surface area (TPSA) is 35.7 Å². The molecule has 112 valence electrons.